The third-order valence-corrected chi connectivity index (χ3v) is 5.40. The highest BCUT2D eigenvalue weighted by atomic mass is 32.1. The first-order valence-electron chi connectivity index (χ1n) is 7.15. The van der Waals surface area contributed by atoms with Crippen LogP contribution in [0.5, 0.6) is 0 Å². The van der Waals surface area contributed by atoms with Gasteiger partial charge in [0.2, 0.25) is 0 Å². The van der Waals surface area contributed by atoms with Crippen molar-refractivity contribution in [2.45, 2.75) is 50.6 Å². The van der Waals surface area contributed by atoms with Crippen molar-refractivity contribution in [1.29, 1.82) is 0 Å². The molecular weight excluding hydrogens is 242 g/mol. The highest BCUT2D eigenvalue weighted by molar-refractivity contribution is 7.09. The first kappa shape index (κ1) is 12.6. The fraction of sp³-hybridized carbons (Fsp3) is 0.786. The monoisotopic (exact) mass is 265 g/mol. The lowest BCUT2D eigenvalue weighted by molar-refractivity contribution is 0.0903. The van der Waals surface area contributed by atoms with Crippen LogP contribution in [0.3, 0.4) is 0 Å². The number of aromatic nitrogens is 1. The quantitative estimate of drug-likeness (QED) is 0.909. The van der Waals surface area contributed by atoms with Crippen LogP contribution in [0, 0.1) is 0 Å². The topological polar surface area (TPSA) is 28.2 Å². The Labute approximate surface area is 114 Å². The van der Waals surface area contributed by atoms with Crippen molar-refractivity contribution in [1.82, 2.24) is 15.2 Å². The molecule has 1 aromatic rings. The van der Waals surface area contributed by atoms with E-state index in [0.29, 0.717) is 11.6 Å². The summed E-state index contributed by atoms with van der Waals surface area (Å²) in [5, 5.41) is 7.17. The first-order chi connectivity index (χ1) is 8.77. The van der Waals surface area contributed by atoms with E-state index in [2.05, 4.69) is 27.5 Å². The molecule has 0 amide bonds. The SMILES string of the molecule is CC1CNC2(CCCC2)CN1CCc1nccs1. The van der Waals surface area contributed by atoms with Gasteiger partial charge in [-0.3, -0.25) is 4.90 Å². The van der Waals surface area contributed by atoms with Crippen molar-refractivity contribution < 1.29 is 0 Å². The van der Waals surface area contributed by atoms with E-state index in [1.165, 1.54) is 37.2 Å². The molecule has 2 fully saturated rings. The number of thiazole rings is 1. The van der Waals surface area contributed by atoms with E-state index in [0.717, 1.165) is 19.5 Å². The van der Waals surface area contributed by atoms with Crippen molar-refractivity contribution in [3.05, 3.63) is 16.6 Å². The highest BCUT2D eigenvalue weighted by Crippen LogP contribution is 2.33. The lowest BCUT2D eigenvalue weighted by Crippen LogP contribution is -2.62. The Hall–Kier alpha value is -0.450. The molecule has 1 aliphatic heterocycles. The van der Waals surface area contributed by atoms with Crippen molar-refractivity contribution in [2.24, 2.45) is 0 Å². The van der Waals surface area contributed by atoms with Gasteiger partial charge in [-0.05, 0) is 19.8 Å². The molecule has 0 radical (unpaired) electrons. The maximum Gasteiger partial charge on any atom is 0.0937 e. The molecular formula is C14H23N3S. The second kappa shape index (κ2) is 5.27. The molecule has 2 aliphatic rings. The molecule has 1 unspecified atom stereocenters. The molecule has 2 heterocycles. The molecule has 1 saturated carbocycles. The minimum atomic E-state index is 0.440. The van der Waals surface area contributed by atoms with Crippen LogP contribution in [0.1, 0.15) is 37.6 Å². The second-order valence-corrected chi connectivity index (χ2v) is 6.84. The summed E-state index contributed by atoms with van der Waals surface area (Å²) in [7, 11) is 0. The molecule has 100 valence electrons. The van der Waals surface area contributed by atoms with Crippen molar-refractivity contribution >= 4 is 11.3 Å². The van der Waals surface area contributed by atoms with Gasteiger partial charge in [0.05, 0.1) is 5.01 Å². The number of nitrogens with zero attached hydrogens (tertiary/aromatic N) is 2. The normalized spacial score (nSPS) is 27.9. The minimum Gasteiger partial charge on any atom is -0.308 e. The fourth-order valence-electron chi connectivity index (χ4n) is 3.40. The zero-order valence-electron chi connectivity index (χ0n) is 11.2. The van der Waals surface area contributed by atoms with Gasteiger partial charge in [-0.1, -0.05) is 12.8 Å². The van der Waals surface area contributed by atoms with Gasteiger partial charge >= 0.3 is 0 Å². The summed E-state index contributed by atoms with van der Waals surface area (Å²) in [4.78, 5) is 7.06. The van der Waals surface area contributed by atoms with Gasteiger partial charge in [-0.15, -0.1) is 11.3 Å². The Kier molecular flexibility index (Phi) is 3.68. The lowest BCUT2D eigenvalue weighted by atomic mass is 9.92. The second-order valence-electron chi connectivity index (χ2n) is 5.86. The summed E-state index contributed by atoms with van der Waals surface area (Å²) in [5.74, 6) is 0. The molecule has 1 N–H and O–H groups in total. The molecule has 4 heteroatoms. The standard InChI is InChI=1S/C14H23N3S/c1-12-10-16-14(5-2-3-6-14)11-17(12)8-4-13-15-7-9-18-13/h7,9,12,16H,2-6,8,10-11H2,1H3. The number of rotatable bonds is 3. The molecule has 18 heavy (non-hydrogen) atoms. The Morgan fingerprint density at radius 1 is 1.50 bits per heavy atom. The average Bonchev–Trinajstić information content (AvgIpc) is 3.03. The number of hydrogen-bond acceptors (Lipinski definition) is 4. The Morgan fingerprint density at radius 2 is 2.33 bits per heavy atom. The van der Waals surface area contributed by atoms with Crippen LogP contribution in [0.15, 0.2) is 11.6 Å². The Balaban J connectivity index is 1.59. The summed E-state index contributed by atoms with van der Waals surface area (Å²) >= 11 is 1.78. The van der Waals surface area contributed by atoms with Gasteiger partial charge < -0.3 is 5.32 Å². The molecule has 1 aromatic heterocycles. The molecule has 1 atom stereocenters. The number of nitrogens with one attached hydrogen (secondary N) is 1. The summed E-state index contributed by atoms with van der Waals surface area (Å²) in [5.41, 5.74) is 0.440. The van der Waals surface area contributed by atoms with Gasteiger partial charge in [0.25, 0.3) is 0 Å². The maximum absolute atomic E-state index is 4.39. The zero-order chi connectivity index (χ0) is 12.4. The van der Waals surface area contributed by atoms with Gasteiger partial charge in [0.15, 0.2) is 0 Å². The van der Waals surface area contributed by atoms with E-state index >= 15 is 0 Å². The summed E-state index contributed by atoms with van der Waals surface area (Å²) in [6, 6.07) is 0.663. The molecule has 1 saturated heterocycles. The number of hydrogen-bond donors (Lipinski definition) is 1. The van der Waals surface area contributed by atoms with Crippen LogP contribution in [-0.4, -0.2) is 41.1 Å². The van der Waals surface area contributed by atoms with Crippen LogP contribution in [-0.2, 0) is 6.42 Å². The van der Waals surface area contributed by atoms with Crippen LogP contribution < -0.4 is 5.32 Å². The summed E-state index contributed by atoms with van der Waals surface area (Å²) < 4.78 is 0. The van der Waals surface area contributed by atoms with E-state index in [1.807, 2.05) is 6.20 Å². The highest BCUT2D eigenvalue weighted by Gasteiger charge is 2.39. The van der Waals surface area contributed by atoms with E-state index in [4.69, 9.17) is 0 Å². The molecule has 1 spiro atoms. The van der Waals surface area contributed by atoms with Gasteiger partial charge in [0, 0.05) is 49.2 Å². The van der Waals surface area contributed by atoms with Crippen molar-refractivity contribution in [3.63, 3.8) is 0 Å². The van der Waals surface area contributed by atoms with Gasteiger partial charge in [-0.25, -0.2) is 4.98 Å². The van der Waals surface area contributed by atoms with Crippen LogP contribution >= 0.6 is 11.3 Å². The summed E-state index contributed by atoms with van der Waals surface area (Å²) in [6.45, 7) is 5.90. The van der Waals surface area contributed by atoms with Crippen LogP contribution in [0.25, 0.3) is 0 Å². The van der Waals surface area contributed by atoms with Crippen LogP contribution in [0.2, 0.25) is 0 Å². The molecule has 3 nitrogen and oxygen atoms in total. The van der Waals surface area contributed by atoms with E-state index in [-0.39, 0.29) is 0 Å². The van der Waals surface area contributed by atoms with Crippen molar-refractivity contribution in [3.8, 4) is 0 Å². The Morgan fingerprint density at radius 3 is 3.06 bits per heavy atom. The van der Waals surface area contributed by atoms with E-state index in [9.17, 15) is 0 Å². The number of piperazine rings is 1. The largest absolute Gasteiger partial charge is 0.308 e. The maximum atomic E-state index is 4.39. The molecule has 3 rings (SSSR count). The Bertz CT molecular complexity index is 370. The summed E-state index contributed by atoms with van der Waals surface area (Å²) in [6.07, 6.45) is 8.57. The fourth-order valence-corrected chi connectivity index (χ4v) is 4.01. The third-order valence-electron chi connectivity index (χ3n) is 4.56. The average molecular weight is 265 g/mol. The third kappa shape index (κ3) is 2.60. The first-order valence-corrected chi connectivity index (χ1v) is 8.03. The smallest absolute Gasteiger partial charge is 0.0937 e. The molecule has 1 aliphatic carbocycles. The van der Waals surface area contributed by atoms with E-state index < -0.39 is 0 Å². The van der Waals surface area contributed by atoms with E-state index in [1.54, 1.807) is 11.3 Å². The van der Waals surface area contributed by atoms with Gasteiger partial charge in [0.1, 0.15) is 0 Å². The van der Waals surface area contributed by atoms with Gasteiger partial charge in [-0.2, -0.15) is 0 Å². The molecule has 0 aromatic carbocycles. The van der Waals surface area contributed by atoms with Crippen LogP contribution in [0.4, 0.5) is 0 Å². The van der Waals surface area contributed by atoms with Crippen molar-refractivity contribution in [2.75, 3.05) is 19.6 Å². The zero-order valence-corrected chi connectivity index (χ0v) is 12.0. The predicted molar refractivity (Wildman–Crippen MR) is 76.1 cm³/mol. The predicted octanol–water partition coefficient (Wildman–Crippen LogP) is 2.29. The lowest BCUT2D eigenvalue weighted by Gasteiger charge is -2.45. The molecule has 0 bridgehead atoms. The minimum absolute atomic E-state index is 0.440.